The van der Waals surface area contributed by atoms with Crippen LogP contribution in [-0.4, -0.2) is 18.5 Å². The van der Waals surface area contributed by atoms with Crippen LogP contribution >= 0.6 is 0 Å². The summed E-state index contributed by atoms with van der Waals surface area (Å²) in [6, 6.07) is 19.4. The molecule has 0 radical (unpaired) electrons. The molecular weight excluding hydrogens is 394 g/mol. The summed E-state index contributed by atoms with van der Waals surface area (Å²) in [6.45, 7) is 4.80. The van der Waals surface area contributed by atoms with E-state index in [-0.39, 0.29) is 12.3 Å². The molecule has 2 aromatic carbocycles. The van der Waals surface area contributed by atoms with Gasteiger partial charge >= 0.3 is 5.97 Å². The number of hydrogen-bond donors (Lipinski definition) is 1. The molecule has 160 valence electrons. The van der Waals surface area contributed by atoms with Crippen LogP contribution in [0.4, 0.5) is 0 Å². The Morgan fingerprint density at radius 3 is 2.39 bits per heavy atom. The second kappa shape index (κ2) is 10.8. The van der Waals surface area contributed by atoms with Crippen molar-refractivity contribution in [3.8, 4) is 5.75 Å². The Bertz CT molecular complexity index is 1010. The Balaban J connectivity index is 1.69. The predicted molar refractivity (Wildman–Crippen MR) is 117 cm³/mol. The first-order valence-corrected chi connectivity index (χ1v) is 10.0. The second-order valence-electron chi connectivity index (χ2n) is 7.32. The van der Waals surface area contributed by atoms with Crippen molar-refractivity contribution < 1.29 is 23.5 Å². The van der Waals surface area contributed by atoms with Crippen molar-refractivity contribution in [1.29, 1.82) is 0 Å². The lowest BCUT2D eigenvalue weighted by atomic mass is 10.2. The zero-order valence-corrected chi connectivity index (χ0v) is 17.5. The first-order chi connectivity index (χ1) is 15.0. The molecule has 1 heterocycles. The van der Waals surface area contributed by atoms with E-state index in [9.17, 15) is 9.59 Å². The van der Waals surface area contributed by atoms with Gasteiger partial charge in [0.15, 0.2) is 0 Å². The molecule has 1 N–H and O–H groups in total. The Labute approximate surface area is 181 Å². The first-order valence-electron chi connectivity index (χ1n) is 10.0. The number of amides is 1. The summed E-state index contributed by atoms with van der Waals surface area (Å²) in [7, 11) is 0. The molecule has 6 nitrogen and oxygen atoms in total. The molecule has 31 heavy (non-hydrogen) atoms. The summed E-state index contributed by atoms with van der Waals surface area (Å²) in [5.41, 5.74) is 1.21. The number of nitrogens with one attached hydrogen (secondary N) is 1. The van der Waals surface area contributed by atoms with Crippen molar-refractivity contribution in [1.82, 2.24) is 5.32 Å². The fraction of sp³-hybridized carbons (Fsp3) is 0.200. The van der Waals surface area contributed by atoms with Gasteiger partial charge in [-0.3, -0.25) is 4.79 Å². The molecule has 3 rings (SSSR count). The SMILES string of the molecule is CC(C)COc1ccc(C(=O)NC(=Cc2ccco2)C(=O)OCc2ccccc2)cc1. The number of esters is 1. The van der Waals surface area contributed by atoms with Gasteiger partial charge in [-0.1, -0.05) is 44.2 Å². The number of hydrogen-bond acceptors (Lipinski definition) is 5. The maximum atomic E-state index is 12.7. The molecule has 1 amide bonds. The Kier molecular flexibility index (Phi) is 7.65. The normalized spacial score (nSPS) is 11.3. The van der Waals surface area contributed by atoms with Crippen LogP contribution in [0.25, 0.3) is 6.08 Å². The monoisotopic (exact) mass is 419 g/mol. The third kappa shape index (κ3) is 6.89. The molecule has 0 bridgehead atoms. The highest BCUT2D eigenvalue weighted by Gasteiger charge is 2.17. The van der Waals surface area contributed by atoms with Gasteiger partial charge in [-0.05, 0) is 47.9 Å². The molecule has 0 fully saturated rings. The van der Waals surface area contributed by atoms with E-state index in [4.69, 9.17) is 13.9 Å². The summed E-state index contributed by atoms with van der Waals surface area (Å²) in [6.07, 6.45) is 2.92. The highest BCUT2D eigenvalue weighted by atomic mass is 16.5. The average Bonchev–Trinajstić information content (AvgIpc) is 3.30. The molecule has 0 saturated carbocycles. The summed E-state index contributed by atoms with van der Waals surface area (Å²) in [5.74, 6) is 0.401. The highest BCUT2D eigenvalue weighted by molar-refractivity contribution is 6.03. The topological polar surface area (TPSA) is 77.8 Å². The van der Waals surface area contributed by atoms with Gasteiger partial charge in [0, 0.05) is 11.6 Å². The minimum atomic E-state index is -0.662. The third-order valence-corrected chi connectivity index (χ3v) is 4.21. The van der Waals surface area contributed by atoms with Gasteiger partial charge in [0.05, 0.1) is 12.9 Å². The van der Waals surface area contributed by atoms with Gasteiger partial charge in [-0.15, -0.1) is 0 Å². The molecule has 0 aliphatic rings. The fourth-order valence-electron chi connectivity index (χ4n) is 2.62. The summed E-state index contributed by atoms with van der Waals surface area (Å²) < 4.78 is 16.3. The maximum Gasteiger partial charge on any atom is 0.355 e. The van der Waals surface area contributed by atoms with E-state index in [1.54, 1.807) is 36.4 Å². The second-order valence-corrected chi connectivity index (χ2v) is 7.32. The van der Waals surface area contributed by atoms with Crippen molar-refractivity contribution >= 4 is 18.0 Å². The summed E-state index contributed by atoms with van der Waals surface area (Å²) in [5, 5.41) is 2.62. The van der Waals surface area contributed by atoms with Crippen LogP contribution in [0, 0.1) is 5.92 Å². The lowest BCUT2D eigenvalue weighted by Crippen LogP contribution is -2.28. The number of ether oxygens (including phenoxy) is 2. The van der Waals surface area contributed by atoms with E-state index in [1.807, 2.05) is 30.3 Å². The van der Waals surface area contributed by atoms with Gasteiger partial charge < -0.3 is 19.2 Å². The van der Waals surface area contributed by atoms with E-state index in [0.717, 1.165) is 5.56 Å². The molecule has 6 heteroatoms. The minimum Gasteiger partial charge on any atom is -0.493 e. The molecule has 0 spiro atoms. The van der Waals surface area contributed by atoms with Gasteiger partial charge in [0.1, 0.15) is 23.8 Å². The van der Waals surface area contributed by atoms with Crippen molar-refractivity contribution in [2.45, 2.75) is 20.5 Å². The highest BCUT2D eigenvalue weighted by Crippen LogP contribution is 2.15. The fourth-order valence-corrected chi connectivity index (χ4v) is 2.62. The van der Waals surface area contributed by atoms with E-state index < -0.39 is 11.9 Å². The quantitative estimate of drug-likeness (QED) is 0.397. The largest absolute Gasteiger partial charge is 0.493 e. The van der Waals surface area contributed by atoms with Crippen LogP contribution in [0.5, 0.6) is 5.75 Å². The zero-order valence-electron chi connectivity index (χ0n) is 17.5. The first kappa shape index (κ1) is 21.9. The minimum absolute atomic E-state index is 0.0176. The Hall–Kier alpha value is -3.80. The van der Waals surface area contributed by atoms with E-state index in [2.05, 4.69) is 19.2 Å². The lowest BCUT2D eigenvalue weighted by molar-refractivity contribution is -0.140. The molecule has 0 unspecified atom stereocenters. The van der Waals surface area contributed by atoms with E-state index in [0.29, 0.717) is 29.6 Å². The van der Waals surface area contributed by atoms with Gasteiger partial charge in [0.25, 0.3) is 5.91 Å². The number of carbonyl (C=O) groups excluding carboxylic acids is 2. The molecule has 0 atom stereocenters. The lowest BCUT2D eigenvalue weighted by Gasteiger charge is -2.11. The van der Waals surface area contributed by atoms with Crippen molar-refractivity contribution in [3.05, 3.63) is 95.6 Å². The Morgan fingerprint density at radius 1 is 1.00 bits per heavy atom. The smallest absolute Gasteiger partial charge is 0.355 e. The molecule has 0 aliphatic carbocycles. The molecular formula is C25H25NO5. The maximum absolute atomic E-state index is 12.7. The number of carbonyl (C=O) groups is 2. The van der Waals surface area contributed by atoms with E-state index in [1.165, 1.54) is 12.3 Å². The number of benzene rings is 2. The van der Waals surface area contributed by atoms with Crippen LogP contribution in [0.2, 0.25) is 0 Å². The van der Waals surface area contributed by atoms with Gasteiger partial charge in [-0.2, -0.15) is 0 Å². The van der Waals surface area contributed by atoms with Crippen LogP contribution in [0.1, 0.15) is 35.5 Å². The third-order valence-electron chi connectivity index (χ3n) is 4.21. The van der Waals surface area contributed by atoms with Gasteiger partial charge in [0.2, 0.25) is 0 Å². The average molecular weight is 419 g/mol. The molecule has 0 saturated heterocycles. The number of rotatable bonds is 9. The van der Waals surface area contributed by atoms with Crippen LogP contribution in [0.15, 0.2) is 83.1 Å². The van der Waals surface area contributed by atoms with Gasteiger partial charge in [-0.25, -0.2) is 4.79 Å². The predicted octanol–water partition coefficient (Wildman–Crippen LogP) is 4.83. The molecule has 3 aromatic rings. The van der Waals surface area contributed by atoms with Crippen molar-refractivity contribution in [2.24, 2.45) is 5.92 Å². The standard InChI is InChI=1S/C25H25NO5/c1-18(2)16-30-21-12-10-20(11-13-21)24(27)26-23(15-22-9-6-14-29-22)25(28)31-17-19-7-4-3-5-8-19/h3-15,18H,16-17H2,1-2H3,(H,26,27). The van der Waals surface area contributed by atoms with Crippen LogP contribution in [0.3, 0.4) is 0 Å². The van der Waals surface area contributed by atoms with Crippen LogP contribution in [-0.2, 0) is 16.1 Å². The molecule has 0 aliphatic heterocycles. The van der Waals surface area contributed by atoms with E-state index >= 15 is 0 Å². The number of furan rings is 1. The molecule has 1 aromatic heterocycles. The van der Waals surface area contributed by atoms with Crippen molar-refractivity contribution in [2.75, 3.05) is 6.61 Å². The Morgan fingerprint density at radius 2 is 1.74 bits per heavy atom. The zero-order chi connectivity index (χ0) is 22.1. The summed E-state index contributed by atoms with van der Waals surface area (Å²) in [4.78, 5) is 25.4. The van der Waals surface area contributed by atoms with Crippen molar-refractivity contribution in [3.63, 3.8) is 0 Å². The van der Waals surface area contributed by atoms with Crippen LogP contribution < -0.4 is 10.1 Å². The summed E-state index contributed by atoms with van der Waals surface area (Å²) >= 11 is 0.